The maximum absolute atomic E-state index is 11.8. The average molecular weight is 274 g/mol. The summed E-state index contributed by atoms with van der Waals surface area (Å²) in [5, 5.41) is 13.0. The lowest BCUT2D eigenvalue weighted by molar-refractivity contribution is -0.136. The van der Waals surface area contributed by atoms with Crippen LogP contribution in [0.1, 0.15) is 5.56 Å². The highest BCUT2D eigenvalue weighted by molar-refractivity contribution is 5.71. The summed E-state index contributed by atoms with van der Waals surface area (Å²) in [6, 6.07) is 8.70. The summed E-state index contributed by atoms with van der Waals surface area (Å²) in [6.45, 7) is 0. The number of benzene rings is 1. The molecule has 1 aromatic carbocycles. The largest absolute Gasteiger partial charge is 0.497 e. The third-order valence-electron chi connectivity index (χ3n) is 2.84. The number of ether oxygens (including phenoxy) is 1. The van der Waals surface area contributed by atoms with Gasteiger partial charge in [-0.15, -0.1) is 0 Å². The molecule has 1 aromatic heterocycles. The van der Waals surface area contributed by atoms with Gasteiger partial charge >= 0.3 is 5.97 Å². The number of aromatic nitrogens is 2. The summed E-state index contributed by atoms with van der Waals surface area (Å²) in [7, 11) is 3.06. The number of carbonyl (C=O) groups is 1. The Hall–Kier alpha value is -2.63. The monoisotopic (exact) mass is 274 g/mol. The summed E-state index contributed by atoms with van der Waals surface area (Å²) in [5.74, 6) is -0.386. The molecule has 0 fully saturated rings. The quantitative estimate of drug-likeness (QED) is 0.902. The van der Waals surface area contributed by atoms with Crippen LogP contribution in [0, 0.1) is 0 Å². The molecule has 0 bridgehead atoms. The van der Waals surface area contributed by atoms with Gasteiger partial charge in [0.25, 0.3) is 5.56 Å². The van der Waals surface area contributed by atoms with Crippen LogP contribution >= 0.6 is 0 Å². The number of nitrogens with zero attached hydrogens (tertiary/aromatic N) is 2. The van der Waals surface area contributed by atoms with E-state index in [4.69, 9.17) is 9.84 Å². The third kappa shape index (κ3) is 2.85. The van der Waals surface area contributed by atoms with Crippen molar-refractivity contribution in [2.24, 2.45) is 7.05 Å². The number of methoxy groups -OCH3 is 1. The number of hydrogen-bond donors (Lipinski definition) is 1. The molecule has 0 amide bonds. The van der Waals surface area contributed by atoms with Crippen LogP contribution < -0.4 is 10.3 Å². The normalized spacial score (nSPS) is 10.3. The van der Waals surface area contributed by atoms with Gasteiger partial charge in [0.1, 0.15) is 5.75 Å². The fraction of sp³-hybridized carbons (Fsp3) is 0.214. The summed E-state index contributed by atoms with van der Waals surface area (Å²) in [6.07, 6.45) is -0.327. The minimum atomic E-state index is -1.05. The van der Waals surface area contributed by atoms with E-state index in [9.17, 15) is 9.59 Å². The molecule has 6 nitrogen and oxygen atoms in total. The van der Waals surface area contributed by atoms with E-state index < -0.39 is 11.5 Å². The van der Waals surface area contributed by atoms with Crippen LogP contribution in [0.5, 0.6) is 5.75 Å². The van der Waals surface area contributed by atoms with Gasteiger partial charge in [-0.3, -0.25) is 9.59 Å². The number of hydrogen-bond acceptors (Lipinski definition) is 4. The standard InChI is InChI=1S/C14H14N2O4/c1-16-14(19)10(8-13(17)18)7-12(15-16)9-4-3-5-11(6-9)20-2/h3-7H,8H2,1-2H3,(H,17,18). The molecule has 0 saturated heterocycles. The van der Waals surface area contributed by atoms with Crippen LogP contribution in [0.15, 0.2) is 35.1 Å². The van der Waals surface area contributed by atoms with Gasteiger partial charge < -0.3 is 9.84 Å². The molecule has 0 atom stereocenters. The number of rotatable bonds is 4. The van der Waals surface area contributed by atoms with Gasteiger partial charge in [-0.2, -0.15) is 5.10 Å². The predicted molar refractivity (Wildman–Crippen MR) is 72.8 cm³/mol. The highest BCUT2D eigenvalue weighted by Crippen LogP contribution is 2.21. The molecule has 0 unspecified atom stereocenters. The second kappa shape index (κ2) is 5.56. The van der Waals surface area contributed by atoms with Gasteiger partial charge in [0, 0.05) is 18.2 Å². The number of aliphatic carboxylic acids is 1. The first kappa shape index (κ1) is 13.8. The van der Waals surface area contributed by atoms with Crippen LogP contribution in [-0.4, -0.2) is 28.0 Å². The summed E-state index contributed by atoms with van der Waals surface area (Å²) in [4.78, 5) is 22.6. The number of aryl methyl sites for hydroxylation is 1. The molecule has 1 heterocycles. The SMILES string of the molecule is COc1cccc(-c2cc(CC(=O)O)c(=O)n(C)n2)c1. The van der Waals surface area contributed by atoms with Crippen LogP contribution in [-0.2, 0) is 18.3 Å². The van der Waals surface area contributed by atoms with Gasteiger partial charge in [-0.25, -0.2) is 4.68 Å². The Kier molecular flexibility index (Phi) is 3.84. The van der Waals surface area contributed by atoms with Crippen molar-refractivity contribution >= 4 is 5.97 Å². The molecular weight excluding hydrogens is 260 g/mol. The number of carboxylic acid groups (broad SMARTS) is 1. The van der Waals surface area contributed by atoms with Crippen molar-refractivity contribution in [2.45, 2.75) is 6.42 Å². The van der Waals surface area contributed by atoms with Crippen molar-refractivity contribution in [1.82, 2.24) is 9.78 Å². The first-order chi connectivity index (χ1) is 9.51. The molecule has 0 aliphatic carbocycles. The van der Waals surface area contributed by atoms with Crippen molar-refractivity contribution in [3.05, 3.63) is 46.2 Å². The smallest absolute Gasteiger partial charge is 0.308 e. The van der Waals surface area contributed by atoms with E-state index in [-0.39, 0.29) is 12.0 Å². The molecule has 2 aromatic rings. The number of carboxylic acids is 1. The Morgan fingerprint density at radius 1 is 1.40 bits per heavy atom. The maximum Gasteiger partial charge on any atom is 0.308 e. The fourth-order valence-electron chi connectivity index (χ4n) is 1.88. The lowest BCUT2D eigenvalue weighted by Crippen LogP contribution is -2.25. The fourth-order valence-corrected chi connectivity index (χ4v) is 1.88. The average Bonchev–Trinajstić information content (AvgIpc) is 2.43. The van der Waals surface area contributed by atoms with Crippen LogP contribution in [0.2, 0.25) is 0 Å². The van der Waals surface area contributed by atoms with Crippen molar-refractivity contribution in [3.63, 3.8) is 0 Å². The van der Waals surface area contributed by atoms with Crippen molar-refractivity contribution in [1.29, 1.82) is 0 Å². The highest BCUT2D eigenvalue weighted by Gasteiger charge is 2.11. The molecule has 0 radical (unpaired) electrons. The lowest BCUT2D eigenvalue weighted by atomic mass is 10.1. The van der Waals surface area contributed by atoms with Crippen LogP contribution in [0.4, 0.5) is 0 Å². The summed E-state index contributed by atoms with van der Waals surface area (Å²) >= 11 is 0. The van der Waals surface area contributed by atoms with Gasteiger partial charge in [-0.05, 0) is 18.2 Å². The maximum atomic E-state index is 11.8. The van der Waals surface area contributed by atoms with E-state index in [1.807, 2.05) is 6.07 Å². The minimum Gasteiger partial charge on any atom is -0.497 e. The summed E-state index contributed by atoms with van der Waals surface area (Å²) < 4.78 is 6.28. The molecule has 2 rings (SSSR count). The van der Waals surface area contributed by atoms with E-state index in [2.05, 4.69) is 5.10 Å². The zero-order valence-corrected chi connectivity index (χ0v) is 11.2. The van der Waals surface area contributed by atoms with Gasteiger partial charge in [0.2, 0.25) is 0 Å². The Morgan fingerprint density at radius 3 is 2.80 bits per heavy atom. The Labute approximate surface area is 115 Å². The molecule has 0 aliphatic rings. The van der Waals surface area contributed by atoms with E-state index in [1.165, 1.54) is 13.1 Å². The van der Waals surface area contributed by atoms with Crippen molar-refractivity contribution in [2.75, 3.05) is 7.11 Å². The van der Waals surface area contributed by atoms with Gasteiger partial charge in [0.05, 0.1) is 19.2 Å². The zero-order valence-electron chi connectivity index (χ0n) is 11.2. The molecule has 104 valence electrons. The molecule has 0 aliphatic heterocycles. The zero-order chi connectivity index (χ0) is 14.7. The first-order valence-electron chi connectivity index (χ1n) is 5.94. The summed E-state index contributed by atoms with van der Waals surface area (Å²) in [5.41, 5.74) is 1.08. The van der Waals surface area contributed by atoms with Crippen LogP contribution in [0.3, 0.4) is 0 Å². The third-order valence-corrected chi connectivity index (χ3v) is 2.84. The van der Waals surface area contributed by atoms with E-state index >= 15 is 0 Å². The molecule has 1 N–H and O–H groups in total. The Bertz CT molecular complexity index is 707. The molecule has 20 heavy (non-hydrogen) atoms. The Morgan fingerprint density at radius 2 is 2.15 bits per heavy atom. The molecule has 0 spiro atoms. The topological polar surface area (TPSA) is 81.4 Å². The van der Waals surface area contributed by atoms with Crippen LogP contribution in [0.25, 0.3) is 11.3 Å². The minimum absolute atomic E-state index is 0.202. The first-order valence-corrected chi connectivity index (χ1v) is 5.94. The van der Waals surface area contributed by atoms with Crippen molar-refractivity contribution in [3.8, 4) is 17.0 Å². The molecule has 0 saturated carbocycles. The molecule has 6 heteroatoms. The highest BCUT2D eigenvalue weighted by atomic mass is 16.5. The predicted octanol–water partition coefficient (Wildman–Crippen LogP) is 1.08. The van der Waals surface area contributed by atoms with E-state index in [1.54, 1.807) is 25.3 Å². The molecular formula is C14H14N2O4. The Balaban J connectivity index is 2.54. The lowest BCUT2D eigenvalue weighted by Gasteiger charge is -2.07. The van der Waals surface area contributed by atoms with Gasteiger partial charge in [-0.1, -0.05) is 12.1 Å². The second-order valence-electron chi connectivity index (χ2n) is 4.29. The van der Waals surface area contributed by atoms with Gasteiger partial charge in [0.15, 0.2) is 0 Å². The van der Waals surface area contributed by atoms with E-state index in [0.29, 0.717) is 11.4 Å². The second-order valence-corrected chi connectivity index (χ2v) is 4.29. The van der Waals surface area contributed by atoms with Crippen molar-refractivity contribution < 1.29 is 14.6 Å². The van der Waals surface area contributed by atoms with E-state index in [0.717, 1.165) is 10.2 Å².